The number of pyridine rings is 1. The van der Waals surface area contributed by atoms with Crippen LogP contribution in [0.3, 0.4) is 0 Å². The molecule has 7 nitrogen and oxygen atoms in total. The van der Waals surface area contributed by atoms with Gasteiger partial charge >= 0.3 is 0 Å². The molecular weight excluding hydrogens is 408 g/mol. The van der Waals surface area contributed by atoms with Gasteiger partial charge in [0.25, 0.3) is 11.2 Å². The van der Waals surface area contributed by atoms with Crippen LogP contribution in [0.1, 0.15) is 60.3 Å². The van der Waals surface area contributed by atoms with Crippen LogP contribution in [0.25, 0.3) is 10.9 Å². The van der Waals surface area contributed by atoms with E-state index in [1.54, 1.807) is 6.07 Å². The first-order valence-corrected chi connectivity index (χ1v) is 11.1. The topological polar surface area (TPSA) is 94.5 Å². The Labute approximate surface area is 189 Å². The number of allylic oxidation sites excluding steroid dienone is 3. The fourth-order valence-corrected chi connectivity index (χ4v) is 3.39. The Hall–Kier alpha value is -3.09. The third kappa shape index (κ3) is 7.25. The summed E-state index contributed by atoms with van der Waals surface area (Å²) in [6.45, 7) is 11.0. The molecule has 7 heteroatoms. The van der Waals surface area contributed by atoms with Crippen molar-refractivity contribution in [3.8, 4) is 11.5 Å². The largest absolute Gasteiger partial charge is 0.485 e. The summed E-state index contributed by atoms with van der Waals surface area (Å²) in [4.78, 5) is 26.1. The number of rotatable bonds is 12. The van der Waals surface area contributed by atoms with E-state index >= 15 is 0 Å². The van der Waals surface area contributed by atoms with Crippen LogP contribution >= 0.6 is 0 Å². The molecule has 0 bridgehead atoms. The first-order valence-electron chi connectivity index (χ1n) is 11.1. The van der Waals surface area contributed by atoms with Crippen molar-refractivity contribution in [2.75, 3.05) is 13.2 Å². The number of benzene rings is 1. The van der Waals surface area contributed by atoms with Gasteiger partial charge in [-0.2, -0.15) is 0 Å². The lowest BCUT2D eigenvalue weighted by atomic mass is 10.1. The Morgan fingerprint density at radius 3 is 2.59 bits per heavy atom. The van der Waals surface area contributed by atoms with Crippen LogP contribution in [0, 0.1) is 16.0 Å². The standard InChI is InChI=1S/C25H34N2O5/c1-6-8-19(5)16-32-24-23(31-14-13-18(4)10-7-9-17(2)3)21-12-11-20(27(29)30)15-22(21)26-25(24)28/h9,11-13,15,19H,6-8,10,14,16H2,1-5H3,(H,26,28). The van der Waals surface area contributed by atoms with Crippen molar-refractivity contribution in [2.24, 2.45) is 5.92 Å². The van der Waals surface area contributed by atoms with E-state index in [4.69, 9.17) is 9.47 Å². The summed E-state index contributed by atoms with van der Waals surface area (Å²) < 4.78 is 11.9. The molecule has 174 valence electrons. The van der Waals surface area contributed by atoms with Crippen LogP contribution in [0.2, 0.25) is 0 Å². The number of nitro benzene ring substituents is 1. The molecule has 1 atom stereocenters. The SMILES string of the molecule is CCCC(C)COc1c(OCC=C(C)CCC=C(C)C)c2ccc([N+](=O)[O-])cc2[nH]c1=O. The molecule has 1 N–H and O–H groups in total. The van der Waals surface area contributed by atoms with E-state index in [0.29, 0.717) is 23.3 Å². The van der Waals surface area contributed by atoms with Crippen LogP contribution in [-0.4, -0.2) is 23.1 Å². The predicted octanol–water partition coefficient (Wildman–Crippen LogP) is 6.32. The van der Waals surface area contributed by atoms with Crippen LogP contribution in [0.5, 0.6) is 11.5 Å². The summed E-state index contributed by atoms with van der Waals surface area (Å²) in [6.07, 6.45) is 8.09. The number of nitro groups is 1. The fourth-order valence-electron chi connectivity index (χ4n) is 3.39. The maximum absolute atomic E-state index is 12.8. The number of hydrogen-bond donors (Lipinski definition) is 1. The zero-order valence-electron chi connectivity index (χ0n) is 19.7. The number of nitrogens with zero attached hydrogens (tertiary/aromatic N) is 1. The van der Waals surface area contributed by atoms with Gasteiger partial charge in [-0.25, -0.2) is 0 Å². The zero-order chi connectivity index (χ0) is 23.7. The van der Waals surface area contributed by atoms with Gasteiger partial charge in [-0.05, 0) is 58.1 Å². The fraction of sp³-hybridized carbons (Fsp3) is 0.480. The second kappa shape index (κ2) is 12.1. The number of ether oxygens (including phenoxy) is 2. The minimum atomic E-state index is -0.492. The van der Waals surface area contributed by atoms with E-state index in [1.165, 1.54) is 23.3 Å². The van der Waals surface area contributed by atoms with E-state index in [0.717, 1.165) is 25.7 Å². The predicted molar refractivity (Wildman–Crippen MR) is 129 cm³/mol. The number of nitrogens with one attached hydrogen (secondary N) is 1. The van der Waals surface area contributed by atoms with Crippen molar-refractivity contribution in [3.05, 3.63) is 62.0 Å². The summed E-state index contributed by atoms with van der Waals surface area (Å²) in [5.74, 6) is 0.720. The van der Waals surface area contributed by atoms with Crippen molar-refractivity contribution >= 4 is 16.6 Å². The minimum absolute atomic E-state index is 0.0978. The number of aromatic nitrogens is 1. The molecule has 0 aliphatic heterocycles. The maximum Gasteiger partial charge on any atom is 0.294 e. The molecule has 32 heavy (non-hydrogen) atoms. The highest BCUT2D eigenvalue weighted by atomic mass is 16.6. The average Bonchev–Trinajstić information content (AvgIpc) is 2.72. The molecule has 2 aromatic rings. The molecule has 0 saturated carbocycles. The van der Waals surface area contributed by atoms with Gasteiger partial charge in [-0.15, -0.1) is 0 Å². The van der Waals surface area contributed by atoms with Crippen molar-refractivity contribution in [3.63, 3.8) is 0 Å². The van der Waals surface area contributed by atoms with E-state index in [2.05, 4.69) is 38.8 Å². The molecule has 0 aliphatic carbocycles. The average molecular weight is 443 g/mol. The van der Waals surface area contributed by atoms with E-state index in [-0.39, 0.29) is 24.0 Å². The molecule has 0 amide bonds. The van der Waals surface area contributed by atoms with Crippen molar-refractivity contribution in [1.29, 1.82) is 0 Å². The Bertz CT molecular complexity index is 1050. The molecule has 1 unspecified atom stereocenters. The van der Waals surface area contributed by atoms with Gasteiger partial charge < -0.3 is 14.5 Å². The van der Waals surface area contributed by atoms with Gasteiger partial charge in [0.1, 0.15) is 6.61 Å². The molecule has 1 aromatic carbocycles. The van der Waals surface area contributed by atoms with Crippen molar-refractivity contribution in [2.45, 2.75) is 60.3 Å². The molecule has 0 aliphatic rings. The second-order valence-corrected chi connectivity index (χ2v) is 8.49. The maximum atomic E-state index is 12.8. The number of aromatic amines is 1. The Kier molecular flexibility index (Phi) is 9.50. The lowest BCUT2D eigenvalue weighted by Crippen LogP contribution is -2.17. The zero-order valence-corrected chi connectivity index (χ0v) is 19.7. The molecule has 0 spiro atoms. The van der Waals surface area contributed by atoms with Crippen LogP contribution in [0.4, 0.5) is 5.69 Å². The summed E-state index contributed by atoms with van der Waals surface area (Å²) in [5.41, 5.74) is 2.27. The van der Waals surface area contributed by atoms with E-state index in [9.17, 15) is 14.9 Å². The molecule has 0 fully saturated rings. The summed E-state index contributed by atoms with van der Waals surface area (Å²) in [5, 5.41) is 11.7. The van der Waals surface area contributed by atoms with Crippen LogP contribution < -0.4 is 15.0 Å². The van der Waals surface area contributed by atoms with E-state index < -0.39 is 10.5 Å². The molecule has 2 rings (SSSR count). The highest BCUT2D eigenvalue weighted by Crippen LogP contribution is 2.33. The molecule has 1 aromatic heterocycles. The summed E-state index contributed by atoms with van der Waals surface area (Å²) in [7, 11) is 0. The quantitative estimate of drug-likeness (QED) is 0.236. The minimum Gasteiger partial charge on any atom is -0.485 e. The molecule has 0 radical (unpaired) electrons. The highest BCUT2D eigenvalue weighted by Gasteiger charge is 2.19. The highest BCUT2D eigenvalue weighted by molar-refractivity contribution is 5.88. The third-order valence-electron chi connectivity index (χ3n) is 5.16. The molecule has 1 heterocycles. The molecular formula is C25H34N2O5. The van der Waals surface area contributed by atoms with E-state index in [1.807, 2.05) is 13.0 Å². The number of H-pyrrole nitrogens is 1. The van der Waals surface area contributed by atoms with Gasteiger partial charge in [-0.3, -0.25) is 14.9 Å². The Morgan fingerprint density at radius 1 is 1.19 bits per heavy atom. The third-order valence-corrected chi connectivity index (χ3v) is 5.16. The molecule has 0 saturated heterocycles. The lowest BCUT2D eigenvalue weighted by molar-refractivity contribution is -0.384. The summed E-state index contributed by atoms with van der Waals surface area (Å²) in [6, 6.07) is 4.33. The number of hydrogen-bond acceptors (Lipinski definition) is 5. The number of fused-ring (bicyclic) bond motifs is 1. The van der Waals surface area contributed by atoms with Crippen molar-refractivity contribution < 1.29 is 14.4 Å². The first kappa shape index (κ1) is 25.2. The van der Waals surface area contributed by atoms with Gasteiger partial charge in [0, 0.05) is 17.5 Å². The second-order valence-electron chi connectivity index (χ2n) is 8.49. The van der Waals surface area contributed by atoms with Crippen LogP contribution in [0.15, 0.2) is 46.3 Å². The van der Waals surface area contributed by atoms with Gasteiger partial charge in [0.2, 0.25) is 5.75 Å². The normalized spacial score (nSPS) is 12.5. The van der Waals surface area contributed by atoms with Crippen molar-refractivity contribution in [1.82, 2.24) is 4.98 Å². The Morgan fingerprint density at radius 2 is 1.94 bits per heavy atom. The lowest BCUT2D eigenvalue weighted by Gasteiger charge is -2.16. The first-order chi connectivity index (χ1) is 15.2. The van der Waals surface area contributed by atoms with Gasteiger partial charge in [-0.1, -0.05) is 37.5 Å². The van der Waals surface area contributed by atoms with Crippen LogP contribution in [-0.2, 0) is 0 Å². The monoisotopic (exact) mass is 442 g/mol. The smallest absolute Gasteiger partial charge is 0.294 e. The Balaban J connectivity index is 2.34. The number of non-ortho nitro benzene ring substituents is 1. The van der Waals surface area contributed by atoms with Gasteiger partial charge in [0.05, 0.1) is 17.0 Å². The van der Waals surface area contributed by atoms with Gasteiger partial charge in [0.15, 0.2) is 5.75 Å². The summed E-state index contributed by atoms with van der Waals surface area (Å²) >= 11 is 0.